The van der Waals surface area contributed by atoms with Crippen LogP contribution < -0.4 is 15.4 Å². The van der Waals surface area contributed by atoms with Crippen molar-refractivity contribution in [3.63, 3.8) is 0 Å². The quantitative estimate of drug-likeness (QED) is 0.520. The topological polar surface area (TPSA) is 118 Å². The number of esters is 1. The first-order chi connectivity index (χ1) is 15.5. The summed E-state index contributed by atoms with van der Waals surface area (Å²) in [4.78, 5) is 35.9. The summed E-state index contributed by atoms with van der Waals surface area (Å²) in [5.74, 6) is -0.594. The lowest BCUT2D eigenvalue weighted by Crippen LogP contribution is -2.21. The highest BCUT2D eigenvalue weighted by molar-refractivity contribution is 5.97. The second-order valence-corrected chi connectivity index (χ2v) is 6.50. The Morgan fingerprint density at radius 2 is 1.50 bits per heavy atom. The number of rotatable bonds is 8. The SMILES string of the molecule is N#CCC(=O)Nc1ccc(C(=O)OCC(=O)Nc2ccccc2Oc2ccccc2)cc1. The van der Waals surface area contributed by atoms with Crippen molar-refractivity contribution in [1.29, 1.82) is 5.26 Å². The largest absolute Gasteiger partial charge is 0.455 e. The Morgan fingerprint density at radius 3 is 2.22 bits per heavy atom. The molecule has 0 radical (unpaired) electrons. The summed E-state index contributed by atoms with van der Waals surface area (Å²) in [7, 11) is 0. The van der Waals surface area contributed by atoms with Gasteiger partial charge in [-0.3, -0.25) is 9.59 Å². The van der Waals surface area contributed by atoms with Crippen molar-refractivity contribution in [2.24, 2.45) is 0 Å². The second kappa shape index (κ2) is 10.9. The molecule has 0 saturated carbocycles. The van der Waals surface area contributed by atoms with Crippen molar-refractivity contribution >= 4 is 29.2 Å². The first-order valence-electron chi connectivity index (χ1n) is 9.61. The number of hydrogen-bond donors (Lipinski definition) is 2. The minimum Gasteiger partial charge on any atom is -0.455 e. The Labute approximate surface area is 184 Å². The summed E-state index contributed by atoms with van der Waals surface area (Å²) in [5, 5.41) is 13.7. The number of para-hydroxylation sites is 3. The van der Waals surface area contributed by atoms with Crippen LogP contribution in [-0.2, 0) is 14.3 Å². The highest BCUT2D eigenvalue weighted by Gasteiger charge is 2.13. The van der Waals surface area contributed by atoms with Gasteiger partial charge in [0.05, 0.1) is 17.3 Å². The van der Waals surface area contributed by atoms with Crippen molar-refractivity contribution in [3.05, 3.63) is 84.4 Å². The van der Waals surface area contributed by atoms with E-state index in [0.29, 0.717) is 22.9 Å². The van der Waals surface area contributed by atoms with E-state index < -0.39 is 24.4 Å². The number of carbonyl (C=O) groups excluding carboxylic acids is 3. The molecule has 3 rings (SSSR count). The molecule has 0 spiro atoms. The molecule has 0 fully saturated rings. The van der Waals surface area contributed by atoms with E-state index in [1.807, 2.05) is 18.2 Å². The molecule has 0 saturated heterocycles. The molecule has 2 amide bonds. The molecule has 0 aliphatic heterocycles. The van der Waals surface area contributed by atoms with Gasteiger partial charge in [0.1, 0.15) is 12.2 Å². The number of amides is 2. The number of anilines is 2. The van der Waals surface area contributed by atoms with E-state index in [0.717, 1.165) is 0 Å². The fourth-order valence-corrected chi connectivity index (χ4v) is 2.64. The van der Waals surface area contributed by atoms with E-state index in [2.05, 4.69) is 10.6 Å². The lowest BCUT2D eigenvalue weighted by Gasteiger charge is -2.12. The van der Waals surface area contributed by atoms with Crippen LogP contribution >= 0.6 is 0 Å². The van der Waals surface area contributed by atoms with Gasteiger partial charge < -0.3 is 20.1 Å². The predicted molar refractivity (Wildman–Crippen MR) is 117 cm³/mol. The summed E-state index contributed by atoms with van der Waals surface area (Å²) in [6, 6.07) is 23.7. The fourth-order valence-electron chi connectivity index (χ4n) is 2.64. The maximum Gasteiger partial charge on any atom is 0.338 e. The molecule has 0 aromatic heterocycles. The van der Waals surface area contributed by atoms with Gasteiger partial charge in [0.25, 0.3) is 5.91 Å². The Kier molecular flexibility index (Phi) is 7.54. The third-order valence-corrected chi connectivity index (χ3v) is 4.11. The van der Waals surface area contributed by atoms with Crippen molar-refractivity contribution in [2.75, 3.05) is 17.2 Å². The van der Waals surface area contributed by atoms with Gasteiger partial charge in [0, 0.05) is 5.69 Å². The second-order valence-electron chi connectivity index (χ2n) is 6.50. The first-order valence-corrected chi connectivity index (χ1v) is 9.61. The summed E-state index contributed by atoms with van der Waals surface area (Å²) >= 11 is 0. The lowest BCUT2D eigenvalue weighted by atomic mass is 10.2. The Morgan fingerprint density at radius 1 is 0.812 bits per heavy atom. The first kappa shape index (κ1) is 22.1. The Balaban J connectivity index is 1.53. The molecule has 160 valence electrons. The van der Waals surface area contributed by atoms with Crippen molar-refractivity contribution in [1.82, 2.24) is 0 Å². The molecular formula is C24H19N3O5. The van der Waals surface area contributed by atoms with Gasteiger partial charge in [0.15, 0.2) is 12.4 Å². The summed E-state index contributed by atoms with van der Waals surface area (Å²) in [5.41, 5.74) is 1.09. The zero-order valence-corrected chi connectivity index (χ0v) is 16.9. The standard InChI is InChI=1S/C24H19N3O5/c25-15-14-22(28)26-18-12-10-17(11-13-18)24(30)31-16-23(29)27-20-8-4-5-9-21(20)32-19-6-2-1-3-7-19/h1-13H,14,16H2,(H,26,28)(H,27,29). The molecule has 0 unspecified atom stereocenters. The van der Waals surface area contributed by atoms with Crippen molar-refractivity contribution in [2.45, 2.75) is 6.42 Å². The van der Waals surface area contributed by atoms with E-state index in [9.17, 15) is 14.4 Å². The van der Waals surface area contributed by atoms with Crippen molar-refractivity contribution in [3.8, 4) is 17.6 Å². The van der Waals surface area contributed by atoms with Gasteiger partial charge in [-0.15, -0.1) is 0 Å². The number of ether oxygens (including phenoxy) is 2. The van der Waals surface area contributed by atoms with Crippen LogP contribution in [0.3, 0.4) is 0 Å². The number of carbonyl (C=O) groups is 3. The van der Waals surface area contributed by atoms with Crippen LogP contribution in [0.15, 0.2) is 78.9 Å². The zero-order chi connectivity index (χ0) is 22.8. The van der Waals surface area contributed by atoms with E-state index in [4.69, 9.17) is 14.7 Å². The molecule has 3 aromatic rings. The summed E-state index contributed by atoms with van der Waals surface area (Å²) in [6.07, 6.45) is -0.265. The minimum atomic E-state index is -0.691. The summed E-state index contributed by atoms with van der Waals surface area (Å²) < 4.78 is 10.8. The van der Waals surface area contributed by atoms with Crippen LogP contribution in [0.5, 0.6) is 11.5 Å². The molecule has 8 heteroatoms. The van der Waals surface area contributed by atoms with Crippen LogP contribution in [0.1, 0.15) is 16.8 Å². The van der Waals surface area contributed by atoms with Crippen molar-refractivity contribution < 1.29 is 23.9 Å². The fraction of sp³-hybridized carbons (Fsp3) is 0.0833. The smallest absolute Gasteiger partial charge is 0.338 e. The lowest BCUT2D eigenvalue weighted by molar-refractivity contribution is -0.119. The molecule has 32 heavy (non-hydrogen) atoms. The van der Waals surface area contributed by atoms with Gasteiger partial charge in [-0.2, -0.15) is 5.26 Å². The van der Waals surface area contributed by atoms with Crippen LogP contribution in [0.25, 0.3) is 0 Å². The van der Waals surface area contributed by atoms with E-state index in [-0.39, 0.29) is 12.0 Å². The number of benzene rings is 3. The normalized spacial score (nSPS) is 9.84. The minimum absolute atomic E-state index is 0.212. The molecular weight excluding hydrogens is 410 g/mol. The van der Waals surface area contributed by atoms with Gasteiger partial charge in [0.2, 0.25) is 5.91 Å². The molecule has 0 atom stereocenters. The zero-order valence-electron chi connectivity index (χ0n) is 16.9. The van der Waals surface area contributed by atoms with Crippen LogP contribution in [-0.4, -0.2) is 24.4 Å². The number of nitriles is 1. The average Bonchev–Trinajstić information content (AvgIpc) is 2.80. The molecule has 3 aromatic carbocycles. The monoisotopic (exact) mass is 429 g/mol. The predicted octanol–water partition coefficient (Wildman–Crippen LogP) is 4.13. The van der Waals surface area contributed by atoms with E-state index >= 15 is 0 Å². The van der Waals surface area contributed by atoms with Gasteiger partial charge in [-0.25, -0.2) is 4.79 Å². The molecule has 8 nitrogen and oxygen atoms in total. The van der Waals surface area contributed by atoms with Gasteiger partial charge in [-0.05, 0) is 48.5 Å². The average molecular weight is 429 g/mol. The van der Waals surface area contributed by atoms with Gasteiger partial charge in [-0.1, -0.05) is 30.3 Å². The Bertz CT molecular complexity index is 1140. The number of hydrogen-bond acceptors (Lipinski definition) is 6. The number of nitrogens with one attached hydrogen (secondary N) is 2. The third kappa shape index (κ3) is 6.43. The number of nitrogens with zero attached hydrogens (tertiary/aromatic N) is 1. The molecule has 0 heterocycles. The van der Waals surface area contributed by atoms with Crippen LogP contribution in [0.2, 0.25) is 0 Å². The molecule has 0 bridgehead atoms. The highest BCUT2D eigenvalue weighted by atomic mass is 16.5. The van der Waals surface area contributed by atoms with Crippen LogP contribution in [0.4, 0.5) is 11.4 Å². The van der Waals surface area contributed by atoms with E-state index in [1.165, 1.54) is 24.3 Å². The maximum atomic E-state index is 12.3. The highest BCUT2D eigenvalue weighted by Crippen LogP contribution is 2.29. The molecule has 2 N–H and O–H groups in total. The van der Waals surface area contributed by atoms with E-state index in [1.54, 1.807) is 42.5 Å². The third-order valence-electron chi connectivity index (χ3n) is 4.11. The van der Waals surface area contributed by atoms with Gasteiger partial charge >= 0.3 is 5.97 Å². The molecule has 0 aliphatic rings. The van der Waals surface area contributed by atoms with Crippen LogP contribution in [0, 0.1) is 11.3 Å². The molecule has 0 aliphatic carbocycles. The Hall–Kier alpha value is -4.64. The maximum absolute atomic E-state index is 12.3. The summed E-state index contributed by atoms with van der Waals surface area (Å²) in [6.45, 7) is -0.487.